The number of ether oxygens (including phenoxy) is 1. The van der Waals surface area contributed by atoms with Crippen LogP contribution < -0.4 is 20.5 Å². The number of aromatic nitrogens is 2. The Hall–Kier alpha value is -3.41. The fourth-order valence-corrected chi connectivity index (χ4v) is 6.87. The van der Waals surface area contributed by atoms with Crippen LogP contribution in [0.4, 0.5) is 11.4 Å². The van der Waals surface area contributed by atoms with Gasteiger partial charge in [0.25, 0.3) is 0 Å². The van der Waals surface area contributed by atoms with Gasteiger partial charge in [0.2, 0.25) is 21.7 Å². The number of carbonyl (C=O) groups is 1. The van der Waals surface area contributed by atoms with Gasteiger partial charge in [0.1, 0.15) is 5.69 Å². The molecule has 1 amide bonds. The van der Waals surface area contributed by atoms with E-state index in [2.05, 4.69) is 10.4 Å². The van der Waals surface area contributed by atoms with Crippen molar-refractivity contribution in [1.82, 2.24) is 14.1 Å². The molecule has 1 N–H and O–H groups in total. The second kappa shape index (κ2) is 11.6. The summed E-state index contributed by atoms with van der Waals surface area (Å²) in [7, 11) is -3.75. The van der Waals surface area contributed by atoms with E-state index in [1.807, 2.05) is 4.90 Å². The molecule has 5 rings (SSSR count). The van der Waals surface area contributed by atoms with Crippen molar-refractivity contribution in [2.75, 3.05) is 36.4 Å². The summed E-state index contributed by atoms with van der Waals surface area (Å²) in [4.78, 5) is 27.2. The lowest BCUT2D eigenvalue weighted by Crippen LogP contribution is -2.49. The number of piperazine rings is 1. The first-order valence-electron chi connectivity index (χ1n) is 13.3. The molecule has 1 aromatic heterocycles. The number of carbonyl (C=O) groups excluding carboxylic acids is 1. The molecule has 1 saturated heterocycles. The third-order valence-corrected chi connectivity index (χ3v) is 9.41. The van der Waals surface area contributed by atoms with Crippen LogP contribution in [0.1, 0.15) is 38.2 Å². The summed E-state index contributed by atoms with van der Waals surface area (Å²) >= 11 is 6.16. The summed E-state index contributed by atoms with van der Waals surface area (Å²) in [5.41, 5.74) is 1.95. The molecule has 1 saturated carbocycles. The van der Waals surface area contributed by atoms with Crippen molar-refractivity contribution in [1.29, 1.82) is 0 Å². The lowest BCUT2D eigenvalue weighted by molar-refractivity contribution is -0.114. The Balaban J connectivity index is 1.38. The van der Waals surface area contributed by atoms with E-state index < -0.39 is 10.0 Å². The molecule has 0 atom stereocenters. The lowest BCUT2D eigenvalue weighted by atomic mass is 10.2. The second-order valence-electron chi connectivity index (χ2n) is 10.1. The quantitative estimate of drug-likeness (QED) is 0.446. The third kappa shape index (κ3) is 5.86. The monoisotopic (exact) mass is 585 g/mol. The van der Waals surface area contributed by atoms with Crippen LogP contribution in [0.5, 0.6) is 5.75 Å². The van der Waals surface area contributed by atoms with Crippen molar-refractivity contribution in [2.24, 2.45) is 0 Å². The zero-order valence-corrected chi connectivity index (χ0v) is 24.0. The number of hydrogen-bond acceptors (Lipinski definition) is 7. The van der Waals surface area contributed by atoms with Crippen LogP contribution in [0, 0.1) is 6.92 Å². The molecule has 0 unspecified atom stereocenters. The minimum absolute atomic E-state index is 0.0490. The highest BCUT2D eigenvalue weighted by Crippen LogP contribution is 2.31. The van der Waals surface area contributed by atoms with E-state index in [1.165, 1.54) is 22.0 Å². The minimum atomic E-state index is -3.75. The maximum atomic E-state index is 13.6. The van der Waals surface area contributed by atoms with Crippen molar-refractivity contribution in [3.05, 3.63) is 69.6 Å². The van der Waals surface area contributed by atoms with Gasteiger partial charge >= 0.3 is 5.56 Å². The molecule has 2 aliphatic rings. The molecular weight excluding hydrogens is 554 g/mol. The van der Waals surface area contributed by atoms with Crippen molar-refractivity contribution in [3.8, 4) is 11.4 Å². The van der Waals surface area contributed by atoms with Gasteiger partial charge < -0.3 is 15.0 Å². The number of anilines is 2. The number of nitrogens with zero attached hydrogens (tertiary/aromatic N) is 4. The van der Waals surface area contributed by atoms with Crippen LogP contribution in [0.25, 0.3) is 5.69 Å². The van der Waals surface area contributed by atoms with Gasteiger partial charge in [-0.05, 0) is 74.6 Å². The summed E-state index contributed by atoms with van der Waals surface area (Å²) in [6, 6.07) is 11.6. The fourth-order valence-electron chi connectivity index (χ4n) is 5.17. The Labute approximate surface area is 238 Å². The Morgan fingerprint density at radius 1 is 1.07 bits per heavy atom. The highest BCUT2D eigenvalue weighted by Gasteiger charge is 2.31. The van der Waals surface area contributed by atoms with E-state index >= 15 is 0 Å². The molecule has 0 bridgehead atoms. The molecule has 10 nitrogen and oxygen atoms in total. The maximum Gasteiger partial charge on any atom is 0.316 e. The number of halogens is 1. The number of amides is 1. The molecule has 0 spiro atoms. The average molecular weight is 586 g/mol. The third-order valence-electron chi connectivity index (χ3n) is 7.28. The van der Waals surface area contributed by atoms with E-state index in [0.29, 0.717) is 40.7 Å². The van der Waals surface area contributed by atoms with Gasteiger partial charge in [0, 0.05) is 43.8 Å². The molecule has 3 aromatic rings. The first-order valence-corrected chi connectivity index (χ1v) is 15.1. The van der Waals surface area contributed by atoms with Crippen LogP contribution in [0.2, 0.25) is 5.02 Å². The Morgan fingerprint density at radius 3 is 2.45 bits per heavy atom. The zero-order valence-electron chi connectivity index (χ0n) is 22.5. The van der Waals surface area contributed by atoms with Gasteiger partial charge in [0.05, 0.1) is 22.9 Å². The molecule has 1 aliphatic carbocycles. The lowest BCUT2D eigenvalue weighted by Gasteiger charge is -2.36. The standard InChI is InChI=1S/C28H32ClN5O5S/c1-19-16-24(10-11-25(19)31-20(2)35)40(37,38)33-14-12-32(13-15-33)26-18-30-34(22-7-5-6-21(29)17-22)28(36)27(26)39-23-8-3-4-9-23/h5-7,10-11,16-18,23H,3-4,8-9,12-15H2,1-2H3,(H,31,35). The van der Waals surface area contributed by atoms with E-state index in [4.69, 9.17) is 16.3 Å². The smallest absolute Gasteiger partial charge is 0.316 e. The SMILES string of the molecule is CC(=O)Nc1ccc(S(=O)(=O)N2CCN(c3cnn(-c4cccc(Cl)c4)c(=O)c3OC3CCCC3)CC2)cc1C. The summed E-state index contributed by atoms with van der Waals surface area (Å²) in [6.45, 7) is 4.36. The summed E-state index contributed by atoms with van der Waals surface area (Å²) < 4.78 is 35.8. The van der Waals surface area contributed by atoms with Gasteiger partial charge in [-0.25, -0.2) is 8.42 Å². The van der Waals surface area contributed by atoms with E-state index in [-0.39, 0.29) is 41.3 Å². The molecule has 212 valence electrons. The number of benzene rings is 2. The highest BCUT2D eigenvalue weighted by molar-refractivity contribution is 7.89. The van der Waals surface area contributed by atoms with Gasteiger partial charge in [-0.15, -0.1) is 0 Å². The van der Waals surface area contributed by atoms with Crippen molar-refractivity contribution in [3.63, 3.8) is 0 Å². The molecule has 40 heavy (non-hydrogen) atoms. The van der Waals surface area contributed by atoms with Crippen LogP contribution in [0.3, 0.4) is 0 Å². The first kappa shape index (κ1) is 28.1. The largest absolute Gasteiger partial charge is 0.483 e. The minimum Gasteiger partial charge on any atom is -0.483 e. The van der Waals surface area contributed by atoms with Crippen LogP contribution in [-0.2, 0) is 14.8 Å². The summed E-state index contributed by atoms with van der Waals surface area (Å²) in [5, 5.41) is 7.61. The van der Waals surface area contributed by atoms with E-state index in [1.54, 1.807) is 49.5 Å². The van der Waals surface area contributed by atoms with Crippen LogP contribution in [0.15, 0.2) is 58.4 Å². The van der Waals surface area contributed by atoms with Gasteiger partial charge in [-0.2, -0.15) is 14.1 Å². The topological polar surface area (TPSA) is 114 Å². The summed E-state index contributed by atoms with van der Waals surface area (Å²) in [5.74, 6) is 0.00297. The Bertz CT molecular complexity index is 1580. The van der Waals surface area contributed by atoms with E-state index in [0.717, 1.165) is 25.7 Å². The van der Waals surface area contributed by atoms with Crippen LogP contribution >= 0.6 is 11.6 Å². The van der Waals surface area contributed by atoms with E-state index in [9.17, 15) is 18.0 Å². The number of sulfonamides is 1. The number of rotatable bonds is 7. The highest BCUT2D eigenvalue weighted by atomic mass is 35.5. The molecule has 1 aliphatic heterocycles. The second-order valence-corrected chi connectivity index (χ2v) is 12.5. The number of hydrogen-bond donors (Lipinski definition) is 1. The molecule has 2 heterocycles. The van der Waals surface area contributed by atoms with Crippen molar-refractivity contribution in [2.45, 2.75) is 50.5 Å². The Kier molecular flexibility index (Phi) is 8.16. The molecular formula is C28H32ClN5O5S. The predicted molar refractivity (Wildman–Crippen MR) is 154 cm³/mol. The maximum absolute atomic E-state index is 13.6. The number of nitrogens with one attached hydrogen (secondary N) is 1. The van der Waals surface area contributed by atoms with Crippen molar-refractivity contribution < 1.29 is 17.9 Å². The molecule has 0 radical (unpaired) electrons. The Morgan fingerprint density at radius 2 is 1.80 bits per heavy atom. The first-order chi connectivity index (χ1) is 19.1. The average Bonchev–Trinajstić information content (AvgIpc) is 3.44. The van der Waals surface area contributed by atoms with Gasteiger partial charge in [-0.1, -0.05) is 17.7 Å². The molecule has 2 fully saturated rings. The normalized spacial score (nSPS) is 16.7. The van der Waals surface area contributed by atoms with Crippen molar-refractivity contribution >= 4 is 38.9 Å². The number of aryl methyl sites for hydroxylation is 1. The predicted octanol–water partition coefficient (Wildman–Crippen LogP) is 3.99. The van der Waals surface area contributed by atoms with Gasteiger partial charge in [-0.3, -0.25) is 9.59 Å². The van der Waals surface area contributed by atoms with Crippen LogP contribution in [-0.4, -0.2) is 60.7 Å². The molecule has 12 heteroatoms. The fraction of sp³-hybridized carbons (Fsp3) is 0.393. The zero-order chi connectivity index (χ0) is 28.4. The summed E-state index contributed by atoms with van der Waals surface area (Å²) in [6.07, 6.45) is 5.42. The van der Waals surface area contributed by atoms with Gasteiger partial charge in [0.15, 0.2) is 0 Å². The molecule has 2 aromatic carbocycles.